The molecule has 188 valence electrons. The Morgan fingerprint density at radius 1 is 0.857 bits per heavy atom. The molecule has 0 spiro atoms. The maximum Gasteiger partial charge on any atom is 0.405 e. The third-order valence-electron chi connectivity index (χ3n) is 4.77. The van der Waals surface area contributed by atoms with E-state index in [0.717, 1.165) is 25.2 Å². The lowest BCUT2D eigenvalue weighted by Crippen LogP contribution is -2.24. The van der Waals surface area contributed by atoms with E-state index in [2.05, 4.69) is 84.9 Å². The van der Waals surface area contributed by atoms with Crippen LogP contribution in [0.15, 0.2) is 99.6 Å². The Labute approximate surface area is 206 Å². The molecular formula is C25H26F3O5S2+. The Balaban J connectivity index is 0.000000327. The zero-order valence-electron chi connectivity index (χ0n) is 18.7. The van der Waals surface area contributed by atoms with Crippen LogP contribution in [0.25, 0.3) is 0 Å². The zero-order valence-corrected chi connectivity index (χ0v) is 20.4. The van der Waals surface area contributed by atoms with Crippen LogP contribution in [0.1, 0.15) is 19.3 Å². The number of hydrogen-bond donors (Lipinski definition) is 1. The molecule has 0 saturated carbocycles. The molecule has 10 heteroatoms. The molecular weight excluding hydrogens is 501 g/mol. The molecule has 5 nitrogen and oxygen atoms in total. The SMILES string of the molecule is O=S(=O)(O)CC(F)(F)F.c1ccc([S+](c2ccccc2)c2ccc(OC3CCCCO3)cc2)cc1. The van der Waals surface area contributed by atoms with Crippen LogP contribution in [-0.2, 0) is 25.7 Å². The molecule has 3 aromatic rings. The van der Waals surface area contributed by atoms with Crippen molar-refractivity contribution in [1.29, 1.82) is 0 Å². The van der Waals surface area contributed by atoms with Crippen LogP contribution in [0.2, 0.25) is 0 Å². The summed E-state index contributed by atoms with van der Waals surface area (Å²) in [6.45, 7) is 0.800. The molecule has 1 unspecified atom stereocenters. The monoisotopic (exact) mass is 527 g/mol. The lowest BCUT2D eigenvalue weighted by molar-refractivity contribution is -0.107. The molecule has 0 amide bonds. The average Bonchev–Trinajstić information content (AvgIpc) is 2.81. The molecule has 1 heterocycles. The number of alkyl halides is 3. The predicted octanol–water partition coefficient (Wildman–Crippen LogP) is 6.12. The van der Waals surface area contributed by atoms with Gasteiger partial charge in [0.15, 0.2) is 26.7 Å². The van der Waals surface area contributed by atoms with Gasteiger partial charge in [-0.15, -0.1) is 0 Å². The van der Waals surface area contributed by atoms with Gasteiger partial charge in [0.25, 0.3) is 10.1 Å². The van der Waals surface area contributed by atoms with Crippen molar-refractivity contribution in [3.05, 3.63) is 84.9 Å². The lowest BCUT2D eigenvalue weighted by atomic mass is 10.2. The summed E-state index contributed by atoms with van der Waals surface area (Å²) >= 11 is 0. The van der Waals surface area contributed by atoms with Gasteiger partial charge in [0.1, 0.15) is 5.75 Å². The van der Waals surface area contributed by atoms with Crippen molar-refractivity contribution in [2.75, 3.05) is 12.4 Å². The van der Waals surface area contributed by atoms with Crippen LogP contribution in [0.3, 0.4) is 0 Å². The van der Waals surface area contributed by atoms with Crippen molar-refractivity contribution in [1.82, 2.24) is 0 Å². The van der Waals surface area contributed by atoms with Gasteiger partial charge in [-0.25, -0.2) is 0 Å². The molecule has 4 rings (SSSR count). The fourth-order valence-electron chi connectivity index (χ4n) is 3.34. The average molecular weight is 528 g/mol. The van der Waals surface area contributed by atoms with Crippen molar-refractivity contribution in [2.24, 2.45) is 0 Å². The molecule has 35 heavy (non-hydrogen) atoms. The third kappa shape index (κ3) is 9.56. The molecule has 1 aliphatic rings. The Morgan fingerprint density at radius 3 is 1.77 bits per heavy atom. The Bertz CT molecular complexity index is 1090. The summed E-state index contributed by atoms with van der Waals surface area (Å²) in [6.07, 6.45) is -1.67. The molecule has 1 N–H and O–H groups in total. The predicted molar refractivity (Wildman–Crippen MR) is 128 cm³/mol. The van der Waals surface area contributed by atoms with Crippen LogP contribution in [0, 0.1) is 0 Å². The summed E-state index contributed by atoms with van der Waals surface area (Å²) in [5, 5.41) is 0. The summed E-state index contributed by atoms with van der Waals surface area (Å²) in [4.78, 5) is 3.94. The normalized spacial score (nSPS) is 16.3. The highest BCUT2D eigenvalue weighted by molar-refractivity contribution is 7.97. The highest BCUT2D eigenvalue weighted by Gasteiger charge is 2.34. The van der Waals surface area contributed by atoms with Crippen LogP contribution in [0.4, 0.5) is 13.2 Å². The second-order valence-corrected chi connectivity index (χ2v) is 11.1. The minimum atomic E-state index is -4.91. The fourth-order valence-corrected chi connectivity index (χ4v) is 5.84. The van der Waals surface area contributed by atoms with Gasteiger partial charge in [0.05, 0.1) is 17.5 Å². The fraction of sp³-hybridized carbons (Fsp3) is 0.280. The maximum atomic E-state index is 11.0. The number of hydrogen-bond acceptors (Lipinski definition) is 4. The smallest absolute Gasteiger partial charge is 0.405 e. The van der Waals surface area contributed by atoms with Gasteiger partial charge in [0, 0.05) is 6.42 Å². The van der Waals surface area contributed by atoms with Gasteiger partial charge in [-0.2, -0.15) is 21.6 Å². The minimum absolute atomic E-state index is 0.101. The van der Waals surface area contributed by atoms with Gasteiger partial charge < -0.3 is 9.47 Å². The van der Waals surface area contributed by atoms with E-state index < -0.39 is 22.0 Å². The quantitative estimate of drug-likeness (QED) is 0.309. The van der Waals surface area contributed by atoms with E-state index >= 15 is 0 Å². The number of rotatable bonds is 6. The number of benzene rings is 3. The maximum absolute atomic E-state index is 11.0. The summed E-state index contributed by atoms with van der Waals surface area (Å²) in [6, 6.07) is 29.9. The first-order chi connectivity index (χ1) is 16.6. The summed E-state index contributed by atoms with van der Waals surface area (Å²) < 4.78 is 71.3. The van der Waals surface area contributed by atoms with Crippen molar-refractivity contribution < 1.29 is 35.6 Å². The zero-order chi connectivity index (χ0) is 25.3. The van der Waals surface area contributed by atoms with E-state index in [1.165, 1.54) is 21.1 Å². The Kier molecular flexibility index (Phi) is 9.62. The highest BCUT2D eigenvalue weighted by Crippen LogP contribution is 2.32. The van der Waals surface area contributed by atoms with Crippen LogP contribution in [0.5, 0.6) is 5.75 Å². The molecule has 0 aromatic heterocycles. The summed E-state index contributed by atoms with van der Waals surface area (Å²) in [5.41, 5.74) is 0. The molecule has 1 aliphatic heterocycles. The Hall–Kier alpha value is -2.53. The number of ether oxygens (including phenoxy) is 2. The van der Waals surface area contributed by atoms with Gasteiger partial charge >= 0.3 is 6.18 Å². The molecule has 1 saturated heterocycles. The van der Waals surface area contributed by atoms with E-state index in [-0.39, 0.29) is 17.2 Å². The van der Waals surface area contributed by atoms with Crippen molar-refractivity contribution >= 4 is 21.0 Å². The molecule has 0 aliphatic carbocycles. The highest BCUT2D eigenvalue weighted by atomic mass is 32.2. The van der Waals surface area contributed by atoms with Gasteiger partial charge in [-0.1, -0.05) is 36.4 Å². The first-order valence-corrected chi connectivity index (χ1v) is 13.7. The summed E-state index contributed by atoms with van der Waals surface area (Å²) in [7, 11) is -5.02. The Morgan fingerprint density at radius 2 is 1.37 bits per heavy atom. The van der Waals surface area contributed by atoms with E-state index in [1.54, 1.807) is 0 Å². The lowest BCUT2D eigenvalue weighted by Gasteiger charge is -2.23. The topological polar surface area (TPSA) is 72.8 Å². The largest absolute Gasteiger partial charge is 0.465 e. The second kappa shape index (κ2) is 12.4. The molecule has 1 fully saturated rings. The number of halogens is 3. The van der Waals surface area contributed by atoms with Crippen LogP contribution >= 0.6 is 0 Å². The molecule has 1 atom stereocenters. The molecule has 3 aromatic carbocycles. The third-order valence-corrected chi connectivity index (χ3v) is 7.69. The van der Waals surface area contributed by atoms with Crippen LogP contribution < -0.4 is 4.74 Å². The van der Waals surface area contributed by atoms with Gasteiger partial charge in [-0.05, 0) is 61.4 Å². The second-order valence-electron chi connectivity index (χ2n) is 7.66. The van der Waals surface area contributed by atoms with Crippen molar-refractivity contribution in [2.45, 2.75) is 46.4 Å². The first kappa shape index (κ1) is 27.1. The van der Waals surface area contributed by atoms with E-state index in [1.807, 2.05) is 0 Å². The molecule has 0 radical (unpaired) electrons. The molecule has 0 bridgehead atoms. The van der Waals surface area contributed by atoms with E-state index in [9.17, 15) is 21.6 Å². The van der Waals surface area contributed by atoms with E-state index in [0.29, 0.717) is 0 Å². The van der Waals surface area contributed by atoms with E-state index in [4.69, 9.17) is 14.0 Å². The van der Waals surface area contributed by atoms with Gasteiger partial charge in [-0.3, -0.25) is 4.55 Å². The van der Waals surface area contributed by atoms with Crippen molar-refractivity contribution in [3.8, 4) is 5.75 Å². The first-order valence-electron chi connectivity index (χ1n) is 10.9. The standard InChI is InChI=1S/C23H23O2S.C2H3F3O3S/c1-3-9-20(10-4-1)26(21-11-5-2-6-12-21)22-16-14-19(15-17-22)25-23-13-7-8-18-24-23;3-2(4,5)1-9(6,7)8/h1-6,9-12,14-17,23H,7-8,13,18H2;1H2,(H,6,7,8)/q+1;. The van der Waals surface area contributed by atoms with Gasteiger partial charge in [0.2, 0.25) is 0 Å². The van der Waals surface area contributed by atoms with Crippen molar-refractivity contribution in [3.63, 3.8) is 0 Å². The minimum Gasteiger partial charge on any atom is -0.465 e. The van der Waals surface area contributed by atoms with Crippen LogP contribution in [-0.4, -0.2) is 37.8 Å². The summed E-state index contributed by atoms with van der Waals surface area (Å²) in [5.74, 6) is -1.30.